The molecule has 8 heteroatoms. The Labute approximate surface area is 184 Å². The van der Waals surface area contributed by atoms with Gasteiger partial charge in [-0.3, -0.25) is 4.90 Å². The van der Waals surface area contributed by atoms with Crippen molar-refractivity contribution in [3.05, 3.63) is 41.2 Å². The van der Waals surface area contributed by atoms with Crippen LogP contribution in [0.15, 0.2) is 24.3 Å². The molecular formula is C23H33N7O. The number of hydrogen-bond acceptors (Lipinski definition) is 7. The molecule has 31 heavy (non-hydrogen) atoms. The molecule has 0 bridgehead atoms. The summed E-state index contributed by atoms with van der Waals surface area (Å²) in [5.74, 6) is 2.22. The Morgan fingerprint density at radius 2 is 1.81 bits per heavy atom. The lowest BCUT2D eigenvalue weighted by atomic mass is 10.1. The maximum Gasteiger partial charge on any atom is 0.177 e. The molecule has 0 spiro atoms. The summed E-state index contributed by atoms with van der Waals surface area (Å²) < 4.78 is 7.56. The summed E-state index contributed by atoms with van der Waals surface area (Å²) in [4.78, 5) is 9.32. The molecule has 0 amide bonds. The Kier molecular flexibility index (Phi) is 6.67. The number of morpholine rings is 1. The van der Waals surface area contributed by atoms with Gasteiger partial charge in [0.2, 0.25) is 0 Å². The average molecular weight is 424 g/mol. The smallest absolute Gasteiger partial charge is 0.177 e. The van der Waals surface area contributed by atoms with Gasteiger partial charge < -0.3 is 19.9 Å². The number of fused-ring (bicyclic) bond motifs is 1. The molecule has 0 unspecified atom stereocenters. The normalized spacial score (nSPS) is 14.9. The molecule has 3 aromatic rings. The van der Waals surface area contributed by atoms with Crippen LogP contribution in [0.4, 0.5) is 11.6 Å². The van der Waals surface area contributed by atoms with Crippen LogP contribution in [0.5, 0.6) is 0 Å². The van der Waals surface area contributed by atoms with Gasteiger partial charge in [-0.2, -0.15) is 0 Å². The molecule has 3 heterocycles. The van der Waals surface area contributed by atoms with Gasteiger partial charge in [-0.05, 0) is 17.5 Å². The van der Waals surface area contributed by atoms with Crippen LogP contribution in [0.1, 0.15) is 36.7 Å². The Morgan fingerprint density at radius 3 is 2.52 bits per heavy atom. The van der Waals surface area contributed by atoms with Gasteiger partial charge in [0, 0.05) is 46.7 Å². The van der Waals surface area contributed by atoms with Gasteiger partial charge in [-0.1, -0.05) is 37.6 Å². The number of nitrogens with zero attached hydrogens (tertiary/aromatic N) is 6. The van der Waals surface area contributed by atoms with E-state index in [9.17, 15) is 0 Å². The van der Waals surface area contributed by atoms with Gasteiger partial charge >= 0.3 is 0 Å². The Hall–Kier alpha value is -2.71. The largest absolute Gasteiger partial charge is 0.380 e. The number of anilines is 2. The molecule has 1 aliphatic heterocycles. The van der Waals surface area contributed by atoms with E-state index in [2.05, 4.69) is 55.8 Å². The monoisotopic (exact) mass is 423 g/mol. The second-order valence-electron chi connectivity index (χ2n) is 8.36. The minimum absolute atomic E-state index is 0.387. The first-order valence-corrected chi connectivity index (χ1v) is 11.1. The van der Waals surface area contributed by atoms with Crippen molar-refractivity contribution in [3.63, 3.8) is 0 Å². The van der Waals surface area contributed by atoms with Crippen LogP contribution in [-0.4, -0.2) is 58.0 Å². The van der Waals surface area contributed by atoms with E-state index in [1.165, 1.54) is 11.1 Å². The number of nitrogen functional groups attached to an aromatic ring is 1. The van der Waals surface area contributed by atoms with Gasteiger partial charge in [-0.25, -0.2) is 4.98 Å². The number of rotatable bonds is 8. The highest BCUT2D eigenvalue weighted by atomic mass is 16.5. The summed E-state index contributed by atoms with van der Waals surface area (Å²) in [6, 6.07) is 8.83. The molecule has 0 radical (unpaired) electrons. The van der Waals surface area contributed by atoms with Gasteiger partial charge in [-0.15, -0.1) is 10.2 Å². The van der Waals surface area contributed by atoms with Crippen LogP contribution in [-0.2, 0) is 31.3 Å². The number of imidazole rings is 1. The van der Waals surface area contributed by atoms with Crippen LogP contribution >= 0.6 is 0 Å². The molecule has 166 valence electrons. The summed E-state index contributed by atoms with van der Waals surface area (Å²) in [6.45, 7) is 7.55. The maximum atomic E-state index is 6.10. The van der Waals surface area contributed by atoms with Crippen molar-refractivity contribution in [1.82, 2.24) is 24.6 Å². The van der Waals surface area contributed by atoms with E-state index in [1.54, 1.807) is 0 Å². The zero-order valence-corrected chi connectivity index (χ0v) is 18.8. The minimum atomic E-state index is 0.387. The van der Waals surface area contributed by atoms with Crippen LogP contribution in [0.2, 0.25) is 0 Å². The van der Waals surface area contributed by atoms with Crippen molar-refractivity contribution >= 4 is 22.7 Å². The van der Waals surface area contributed by atoms with E-state index in [0.717, 1.165) is 81.3 Å². The zero-order valence-electron chi connectivity index (χ0n) is 18.8. The van der Waals surface area contributed by atoms with Gasteiger partial charge in [0.15, 0.2) is 11.6 Å². The van der Waals surface area contributed by atoms with E-state index >= 15 is 0 Å². The van der Waals surface area contributed by atoms with Crippen molar-refractivity contribution in [2.45, 2.75) is 39.3 Å². The van der Waals surface area contributed by atoms with Crippen LogP contribution in [0.25, 0.3) is 11.0 Å². The van der Waals surface area contributed by atoms with Crippen molar-refractivity contribution in [2.75, 3.05) is 44.0 Å². The summed E-state index contributed by atoms with van der Waals surface area (Å²) in [7, 11) is 4.08. The molecule has 1 fully saturated rings. The van der Waals surface area contributed by atoms with Crippen molar-refractivity contribution in [2.24, 2.45) is 7.05 Å². The topological polar surface area (TPSA) is 85.3 Å². The number of benzene rings is 1. The van der Waals surface area contributed by atoms with Gasteiger partial charge in [0.05, 0.1) is 13.2 Å². The fourth-order valence-electron chi connectivity index (χ4n) is 4.11. The lowest BCUT2D eigenvalue weighted by Crippen LogP contribution is -2.35. The quantitative estimate of drug-likeness (QED) is 0.596. The number of ether oxygens (including phenoxy) is 1. The third-order valence-corrected chi connectivity index (χ3v) is 5.96. The molecule has 4 rings (SSSR count). The molecule has 1 aliphatic rings. The van der Waals surface area contributed by atoms with Crippen molar-refractivity contribution < 1.29 is 4.74 Å². The first-order chi connectivity index (χ1) is 15.1. The lowest BCUT2D eigenvalue weighted by Gasteiger charge is -2.26. The Bertz CT molecular complexity index is 1010. The van der Waals surface area contributed by atoms with Crippen molar-refractivity contribution in [1.29, 1.82) is 0 Å². The minimum Gasteiger partial charge on any atom is -0.380 e. The molecule has 8 nitrogen and oxygen atoms in total. The third-order valence-electron chi connectivity index (χ3n) is 5.96. The predicted octanol–water partition coefficient (Wildman–Crippen LogP) is 2.76. The van der Waals surface area contributed by atoms with E-state index in [0.29, 0.717) is 5.82 Å². The zero-order chi connectivity index (χ0) is 21.8. The first kappa shape index (κ1) is 21.5. The summed E-state index contributed by atoms with van der Waals surface area (Å²) >= 11 is 0. The average Bonchev–Trinajstić information content (AvgIpc) is 3.12. The molecule has 1 aromatic carbocycles. The summed E-state index contributed by atoms with van der Waals surface area (Å²) in [5, 5.41) is 8.60. The number of aromatic nitrogens is 4. The molecule has 2 aromatic heterocycles. The third kappa shape index (κ3) is 4.80. The maximum absolute atomic E-state index is 6.10. The van der Waals surface area contributed by atoms with E-state index in [4.69, 9.17) is 15.5 Å². The molecule has 0 atom stereocenters. The molecule has 2 N–H and O–H groups in total. The predicted molar refractivity (Wildman–Crippen MR) is 124 cm³/mol. The molecular weight excluding hydrogens is 390 g/mol. The number of unbranched alkanes of at least 4 members (excludes halogenated alkanes) is 1. The second kappa shape index (κ2) is 9.62. The standard InChI is InChI=1S/C23H33N7O/c1-4-5-6-19-25-20-21(29(19)3)23(27-26-22(20)24)28(2)15-17-7-9-18(10-8-17)16-30-11-13-31-14-12-30/h7-10H,4-6,11-16H2,1-3H3,(H2,24,26). The first-order valence-electron chi connectivity index (χ1n) is 11.1. The van der Waals surface area contributed by atoms with E-state index < -0.39 is 0 Å². The summed E-state index contributed by atoms with van der Waals surface area (Å²) in [5.41, 5.74) is 10.4. The molecule has 0 aliphatic carbocycles. The molecule has 0 saturated carbocycles. The van der Waals surface area contributed by atoms with E-state index in [-0.39, 0.29) is 0 Å². The van der Waals surface area contributed by atoms with Crippen molar-refractivity contribution in [3.8, 4) is 0 Å². The van der Waals surface area contributed by atoms with Gasteiger partial charge in [0.25, 0.3) is 0 Å². The number of hydrogen-bond donors (Lipinski definition) is 1. The van der Waals surface area contributed by atoms with E-state index in [1.807, 2.05) is 14.1 Å². The molecule has 1 saturated heterocycles. The highest BCUT2D eigenvalue weighted by Gasteiger charge is 2.19. The fraction of sp³-hybridized carbons (Fsp3) is 0.522. The second-order valence-corrected chi connectivity index (χ2v) is 8.36. The number of nitrogens with two attached hydrogens (primary N) is 1. The van der Waals surface area contributed by atoms with Gasteiger partial charge in [0.1, 0.15) is 16.9 Å². The van der Waals surface area contributed by atoms with Crippen LogP contribution in [0, 0.1) is 0 Å². The highest BCUT2D eigenvalue weighted by molar-refractivity contribution is 5.93. The fourth-order valence-corrected chi connectivity index (χ4v) is 4.11. The lowest BCUT2D eigenvalue weighted by molar-refractivity contribution is 0.0342. The SMILES string of the molecule is CCCCc1nc2c(N)nnc(N(C)Cc3ccc(CN4CCOCC4)cc3)c2n1C. The van der Waals surface area contributed by atoms with Crippen LogP contribution in [0.3, 0.4) is 0 Å². The highest BCUT2D eigenvalue weighted by Crippen LogP contribution is 2.28. The Balaban J connectivity index is 1.50. The summed E-state index contributed by atoms with van der Waals surface area (Å²) in [6.07, 6.45) is 3.15. The number of aryl methyl sites for hydroxylation is 2. The van der Waals surface area contributed by atoms with Crippen LogP contribution < -0.4 is 10.6 Å². The Morgan fingerprint density at radius 1 is 1.10 bits per heavy atom.